The molecule has 5 heteroatoms. The summed E-state index contributed by atoms with van der Waals surface area (Å²) in [4.78, 5) is 11.5. The van der Waals surface area contributed by atoms with E-state index in [1.165, 1.54) is 0 Å². The van der Waals surface area contributed by atoms with E-state index in [-0.39, 0.29) is 18.6 Å². The molecule has 5 nitrogen and oxygen atoms in total. The number of nitrogens with one attached hydrogen (secondary N) is 2. The van der Waals surface area contributed by atoms with E-state index in [4.69, 9.17) is 9.84 Å². The number of hydrogen-bond donors (Lipinski definition) is 3. The van der Waals surface area contributed by atoms with Crippen LogP contribution in [0.5, 0.6) is 0 Å². The molecule has 82 valence electrons. The van der Waals surface area contributed by atoms with Crippen molar-refractivity contribution in [1.29, 1.82) is 0 Å². The second-order valence-corrected chi connectivity index (χ2v) is 3.36. The molecule has 0 spiro atoms. The standard InChI is InChI=1S/C9H18N2O3/c1-2-7(6-12)11-9(13)8-5-10-3-4-14-8/h7-8,10,12H,2-6H2,1H3,(H,11,13)/t7-,8?/m0/s1. The molecule has 1 saturated heterocycles. The van der Waals surface area contributed by atoms with E-state index < -0.39 is 6.10 Å². The molecule has 0 aliphatic carbocycles. The lowest BCUT2D eigenvalue weighted by molar-refractivity contribution is -0.135. The maximum absolute atomic E-state index is 11.5. The fraction of sp³-hybridized carbons (Fsp3) is 0.889. The lowest BCUT2D eigenvalue weighted by atomic mass is 10.2. The maximum atomic E-state index is 11.5. The Hall–Kier alpha value is -0.650. The van der Waals surface area contributed by atoms with Crippen LogP contribution in [0.2, 0.25) is 0 Å². The van der Waals surface area contributed by atoms with Gasteiger partial charge in [-0.25, -0.2) is 0 Å². The quantitative estimate of drug-likeness (QED) is 0.539. The summed E-state index contributed by atoms with van der Waals surface area (Å²) in [7, 11) is 0. The molecule has 1 rings (SSSR count). The minimum atomic E-state index is -0.413. The Bertz CT molecular complexity index is 177. The van der Waals surface area contributed by atoms with Gasteiger partial charge in [0.25, 0.3) is 5.91 Å². The van der Waals surface area contributed by atoms with Crippen LogP contribution < -0.4 is 10.6 Å². The molecule has 1 heterocycles. The van der Waals surface area contributed by atoms with E-state index in [2.05, 4.69) is 10.6 Å². The number of aliphatic hydroxyl groups excluding tert-OH is 1. The highest BCUT2D eigenvalue weighted by Gasteiger charge is 2.23. The molecule has 0 aromatic rings. The molecule has 3 N–H and O–H groups in total. The number of amides is 1. The zero-order valence-electron chi connectivity index (χ0n) is 8.45. The van der Waals surface area contributed by atoms with Gasteiger partial charge in [0.1, 0.15) is 6.10 Å². The molecule has 1 unspecified atom stereocenters. The minimum Gasteiger partial charge on any atom is -0.394 e. The van der Waals surface area contributed by atoms with Gasteiger partial charge in [-0.3, -0.25) is 4.79 Å². The second-order valence-electron chi connectivity index (χ2n) is 3.36. The molecular weight excluding hydrogens is 184 g/mol. The third kappa shape index (κ3) is 3.25. The van der Waals surface area contributed by atoms with Gasteiger partial charge in [-0.2, -0.15) is 0 Å². The van der Waals surface area contributed by atoms with E-state index in [1.54, 1.807) is 0 Å². The Kier molecular flexibility index (Phi) is 4.86. The van der Waals surface area contributed by atoms with Crippen LogP contribution >= 0.6 is 0 Å². The van der Waals surface area contributed by atoms with Gasteiger partial charge in [0, 0.05) is 13.1 Å². The van der Waals surface area contributed by atoms with Crippen LogP contribution in [0.1, 0.15) is 13.3 Å². The summed E-state index contributed by atoms with van der Waals surface area (Å²) in [5.41, 5.74) is 0. The molecule has 2 atom stereocenters. The number of morpholine rings is 1. The molecule has 1 aliphatic heterocycles. The lowest BCUT2D eigenvalue weighted by Crippen LogP contribution is -2.50. The van der Waals surface area contributed by atoms with Crippen molar-refractivity contribution in [2.24, 2.45) is 0 Å². The molecular formula is C9H18N2O3. The topological polar surface area (TPSA) is 70.6 Å². The van der Waals surface area contributed by atoms with Crippen molar-refractivity contribution >= 4 is 5.91 Å². The summed E-state index contributed by atoms with van der Waals surface area (Å²) in [5.74, 6) is -0.141. The van der Waals surface area contributed by atoms with Crippen LogP contribution in [0.3, 0.4) is 0 Å². The first kappa shape index (κ1) is 11.4. The zero-order valence-corrected chi connectivity index (χ0v) is 8.45. The third-order valence-corrected chi connectivity index (χ3v) is 2.28. The average Bonchev–Trinajstić information content (AvgIpc) is 2.26. The fourth-order valence-corrected chi connectivity index (χ4v) is 1.30. The monoisotopic (exact) mass is 202 g/mol. The summed E-state index contributed by atoms with van der Waals surface area (Å²) < 4.78 is 5.27. The van der Waals surface area contributed by atoms with Gasteiger partial charge in [-0.05, 0) is 6.42 Å². The first-order valence-corrected chi connectivity index (χ1v) is 5.01. The number of carbonyl (C=O) groups is 1. The highest BCUT2D eigenvalue weighted by atomic mass is 16.5. The second kappa shape index (κ2) is 5.95. The van der Waals surface area contributed by atoms with Gasteiger partial charge in [0.2, 0.25) is 0 Å². The average molecular weight is 202 g/mol. The predicted octanol–water partition coefficient (Wildman–Crippen LogP) is -1.14. The smallest absolute Gasteiger partial charge is 0.250 e. The van der Waals surface area contributed by atoms with Crippen LogP contribution in [0.4, 0.5) is 0 Å². The Morgan fingerprint density at radius 2 is 2.57 bits per heavy atom. The summed E-state index contributed by atoms with van der Waals surface area (Å²) in [5, 5.41) is 14.7. The van der Waals surface area contributed by atoms with Crippen LogP contribution in [0.15, 0.2) is 0 Å². The number of hydrogen-bond acceptors (Lipinski definition) is 4. The summed E-state index contributed by atoms with van der Waals surface area (Å²) in [6.45, 7) is 3.80. The zero-order chi connectivity index (χ0) is 10.4. The van der Waals surface area contributed by atoms with Gasteiger partial charge in [0.15, 0.2) is 0 Å². The molecule has 1 amide bonds. The molecule has 1 fully saturated rings. The van der Waals surface area contributed by atoms with E-state index in [9.17, 15) is 4.79 Å². The Labute approximate surface area is 83.8 Å². The van der Waals surface area contributed by atoms with Crippen LogP contribution in [-0.2, 0) is 9.53 Å². The lowest BCUT2D eigenvalue weighted by Gasteiger charge is -2.24. The van der Waals surface area contributed by atoms with Gasteiger partial charge < -0.3 is 20.5 Å². The van der Waals surface area contributed by atoms with Gasteiger partial charge in [0.05, 0.1) is 19.3 Å². The van der Waals surface area contributed by atoms with E-state index in [1.807, 2.05) is 6.92 Å². The van der Waals surface area contributed by atoms with Crippen LogP contribution in [0.25, 0.3) is 0 Å². The minimum absolute atomic E-state index is 0.0254. The van der Waals surface area contributed by atoms with E-state index >= 15 is 0 Å². The van der Waals surface area contributed by atoms with Gasteiger partial charge in [-0.15, -0.1) is 0 Å². The predicted molar refractivity (Wildman–Crippen MR) is 51.9 cm³/mol. The number of ether oxygens (including phenoxy) is 1. The number of rotatable bonds is 4. The summed E-state index contributed by atoms with van der Waals surface area (Å²) >= 11 is 0. The van der Waals surface area contributed by atoms with Crippen molar-refractivity contribution in [2.75, 3.05) is 26.3 Å². The molecule has 0 aromatic heterocycles. The fourth-order valence-electron chi connectivity index (χ4n) is 1.30. The Balaban J connectivity index is 2.32. The summed E-state index contributed by atoms with van der Waals surface area (Å²) in [6, 6.07) is -0.159. The SMILES string of the molecule is CC[C@@H](CO)NC(=O)C1CNCCO1. The molecule has 0 aromatic carbocycles. The Morgan fingerprint density at radius 1 is 1.79 bits per heavy atom. The van der Waals surface area contributed by atoms with Crippen LogP contribution in [0, 0.1) is 0 Å². The van der Waals surface area contributed by atoms with Crippen molar-refractivity contribution < 1.29 is 14.6 Å². The first-order valence-electron chi connectivity index (χ1n) is 5.01. The van der Waals surface area contributed by atoms with Gasteiger partial charge >= 0.3 is 0 Å². The normalized spacial score (nSPS) is 24.3. The van der Waals surface area contributed by atoms with E-state index in [0.717, 1.165) is 13.0 Å². The summed E-state index contributed by atoms with van der Waals surface area (Å²) in [6.07, 6.45) is 0.312. The number of carbonyl (C=O) groups excluding carboxylic acids is 1. The Morgan fingerprint density at radius 3 is 3.07 bits per heavy atom. The maximum Gasteiger partial charge on any atom is 0.250 e. The van der Waals surface area contributed by atoms with Crippen molar-refractivity contribution in [3.63, 3.8) is 0 Å². The highest BCUT2D eigenvalue weighted by Crippen LogP contribution is 1.98. The molecule has 0 saturated carbocycles. The molecule has 14 heavy (non-hydrogen) atoms. The largest absolute Gasteiger partial charge is 0.394 e. The highest BCUT2D eigenvalue weighted by molar-refractivity contribution is 5.81. The first-order chi connectivity index (χ1) is 6.77. The number of aliphatic hydroxyl groups is 1. The third-order valence-electron chi connectivity index (χ3n) is 2.28. The van der Waals surface area contributed by atoms with E-state index in [0.29, 0.717) is 13.2 Å². The molecule has 1 aliphatic rings. The van der Waals surface area contributed by atoms with Gasteiger partial charge in [-0.1, -0.05) is 6.92 Å². The van der Waals surface area contributed by atoms with Crippen LogP contribution in [-0.4, -0.2) is 49.5 Å². The van der Waals surface area contributed by atoms with Crippen molar-refractivity contribution in [3.05, 3.63) is 0 Å². The van der Waals surface area contributed by atoms with Crippen molar-refractivity contribution in [1.82, 2.24) is 10.6 Å². The van der Waals surface area contributed by atoms with Crippen molar-refractivity contribution in [3.8, 4) is 0 Å². The molecule has 0 bridgehead atoms. The molecule has 0 radical (unpaired) electrons. The van der Waals surface area contributed by atoms with Crippen molar-refractivity contribution in [2.45, 2.75) is 25.5 Å².